The first kappa shape index (κ1) is 20.6. The lowest BCUT2D eigenvalue weighted by molar-refractivity contribution is -0.113. The molecule has 3 aromatic rings. The Kier molecular flexibility index (Phi) is 5.44. The van der Waals surface area contributed by atoms with Crippen LogP contribution in [0.4, 0.5) is 11.4 Å². The minimum Gasteiger partial charge on any atom is -0.325 e. The Morgan fingerprint density at radius 3 is 2.80 bits per heavy atom. The van der Waals surface area contributed by atoms with Gasteiger partial charge < -0.3 is 5.32 Å². The van der Waals surface area contributed by atoms with Gasteiger partial charge in [-0.25, -0.2) is 18.4 Å². The molecule has 4 rings (SSSR count). The molecule has 10 heteroatoms. The first-order valence-corrected chi connectivity index (χ1v) is 11.7. The number of aromatic nitrogens is 2. The number of sulfonamides is 1. The van der Waals surface area contributed by atoms with Crippen molar-refractivity contribution in [2.24, 2.45) is 0 Å². The van der Waals surface area contributed by atoms with Gasteiger partial charge in [0.25, 0.3) is 10.0 Å². The van der Waals surface area contributed by atoms with Crippen LogP contribution in [0.5, 0.6) is 0 Å². The Morgan fingerprint density at radius 2 is 2.03 bits per heavy atom. The number of benzene rings is 2. The third-order valence-corrected chi connectivity index (χ3v) is 7.43. The summed E-state index contributed by atoms with van der Waals surface area (Å²) in [6.07, 6.45) is 1.30. The summed E-state index contributed by atoms with van der Waals surface area (Å²) in [5.74, 6) is -0.175. The van der Waals surface area contributed by atoms with Crippen LogP contribution in [-0.4, -0.2) is 37.1 Å². The van der Waals surface area contributed by atoms with Crippen molar-refractivity contribution in [3.63, 3.8) is 0 Å². The predicted octanol–water partition coefficient (Wildman–Crippen LogP) is 3.97. The molecule has 0 aliphatic carbocycles. The standard InChI is InChI=1S/C20H17ClN4O3S2/c1-12-6-7-16-15(8-12)19-17(30(27,28)25(16)2)10-22-20(24-19)29-11-18(26)23-14-5-3-4-13(21)9-14/h3-10H,11H2,1-2H3,(H,23,26). The first-order chi connectivity index (χ1) is 14.3. The summed E-state index contributed by atoms with van der Waals surface area (Å²) in [5.41, 5.74) is 3.20. The highest BCUT2D eigenvalue weighted by atomic mass is 35.5. The molecule has 0 fully saturated rings. The van der Waals surface area contributed by atoms with Crippen LogP contribution < -0.4 is 9.62 Å². The quantitative estimate of drug-likeness (QED) is 0.467. The van der Waals surface area contributed by atoms with E-state index in [-0.39, 0.29) is 16.6 Å². The third-order valence-electron chi connectivity index (χ3n) is 4.56. The Hall–Kier alpha value is -2.62. The van der Waals surface area contributed by atoms with Gasteiger partial charge in [-0.15, -0.1) is 0 Å². The molecule has 2 aromatic carbocycles. The molecule has 0 atom stereocenters. The molecular formula is C20H17ClN4O3S2. The number of rotatable bonds is 4. The average Bonchev–Trinajstić information content (AvgIpc) is 2.70. The van der Waals surface area contributed by atoms with Crippen molar-refractivity contribution in [1.82, 2.24) is 9.97 Å². The number of anilines is 2. The van der Waals surface area contributed by atoms with Crippen LogP contribution in [-0.2, 0) is 14.8 Å². The fourth-order valence-corrected chi connectivity index (χ4v) is 5.20. The van der Waals surface area contributed by atoms with Gasteiger partial charge in [-0.2, -0.15) is 0 Å². The summed E-state index contributed by atoms with van der Waals surface area (Å²) in [6, 6.07) is 12.4. The Balaban J connectivity index is 1.59. The molecule has 7 nitrogen and oxygen atoms in total. The second-order valence-electron chi connectivity index (χ2n) is 6.71. The number of nitrogens with zero attached hydrogens (tertiary/aromatic N) is 3. The smallest absolute Gasteiger partial charge is 0.267 e. The van der Waals surface area contributed by atoms with E-state index in [1.165, 1.54) is 17.5 Å². The molecule has 1 aromatic heterocycles. The monoisotopic (exact) mass is 460 g/mol. The van der Waals surface area contributed by atoms with Gasteiger partial charge in [-0.3, -0.25) is 9.10 Å². The molecule has 30 heavy (non-hydrogen) atoms. The summed E-state index contributed by atoms with van der Waals surface area (Å²) < 4.78 is 26.9. The Morgan fingerprint density at radius 1 is 1.23 bits per heavy atom. The number of nitrogens with one attached hydrogen (secondary N) is 1. The molecular weight excluding hydrogens is 444 g/mol. The second kappa shape index (κ2) is 7.90. The van der Waals surface area contributed by atoms with Crippen molar-refractivity contribution in [1.29, 1.82) is 0 Å². The molecule has 1 amide bonds. The molecule has 0 radical (unpaired) electrons. The second-order valence-corrected chi connectivity index (χ2v) is 10.0. The van der Waals surface area contributed by atoms with E-state index in [1.807, 2.05) is 19.1 Å². The fraction of sp³-hybridized carbons (Fsp3) is 0.150. The van der Waals surface area contributed by atoms with E-state index in [0.717, 1.165) is 22.9 Å². The van der Waals surface area contributed by atoms with Crippen molar-refractivity contribution in [3.8, 4) is 11.3 Å². The summed E-state index contributed by atoms with van der Waals surface area (Å²) in [6.45, 7) is 1.93. The number of hydrogen-bond acceptors (Lipinski definition) is 6. The zero-order valence-corrected chi connectivity index (χ0v) is 18.5. The molecule has 0 spiro atoms. The maximum Gasteiger partial charge on any atom is 0.267 e. The minimum atomic E-state index is -3.73. The molecule has 1 aliphatic heterocycles. The summed E-state index contributed by atoms with van der Waals surface area (Å²) in [5, 5.41) is 3.60. The number of halogens is 1. The van der Waals surface area contributed by atoms with Crippen LogP contribution >= 0.6 is 23.4 Å². The largest absolute Gasteiger partial charge is 0.325 e. The van der Waals surface area contributed by atoms with Gasteiger partial charge >= 0.3 is 0 Å². The van der Waals surface area contributed by atoms with Gasteiger partial charge in [0.15, 0.2) is 5.16 Å². The molecule has 0 saturated heterocycles. The van der Waals surface area contributed by atoms with Gasteiger partial charge in [0.05, 0.1) is 23.3 Å². The maximum absolute atomic E-state index is 12.8. The molecule has 0 unspecified atom stereocenters. The molecule has 154 valence electrons. The third kappa shape index (κ3) is 3.88. The van der Waals surface area contributed by atoms with E-state index in [0.29, 0.717) is 27.2 Å². The lowest BCUT2D eigenvalue weighted by atomic mass is 10.1. The highest BCUT2D eigenvalue weighted by molar-refractivity contribution is 7.99. The maximum atomic E-state index is 12.8. The molecule has 2 heterocycles. The Labute approximate surface area is 183 Å². The normalized spacial score (nSPS) is 14.0. The molecule has 0 saturated carbocycles. The molecule has 0 bridgehead atoms. The number of hydrogen-bond donors (Lipinski definition) is 1. The predicted molar refractivity (Wildman–Crippen MR) is 119 cm³/mol. The first-order valence-electron chi connectivity index (χ1n) is 8.91. The number of carbonyl (C=O) groups is 1. The molecule has 1 N–H and O–H groups in total. The zero-order valence-electron chi connectivity index (χ0n) is 16.1. The van der Waals surface area contributed by atoms with Crippen LogP contribution in [0.3, 0.4) is 0 Å². The van der Waals surface area contributed by atoms with Crippen LogP contribution in [0.25, 0.3) is 11.3 Å². The highest BCUT2D eigenvalue weighted by Gasteiger charge is 2.34. The van der Waals surface area contributed by atoms with E-state index in [9.17, 15) is 13.2 Å². The van der Waals surface area contributed by atoms with Crippen LogP contribution in [0.15, 0.2) is 58.7 Å². The molecule has 1 aliphatic rings. The van der Waals surface area contributed by atoms with E-state index >= 15 is 0 Å². The highest BCUT2D eigenvalue weighted by Crippen LogP contribution is 2.41. The Bertz CT molecular complexity index is 1260. The fourth-order valence-electron chi connectivity index (χ4n) is 3.09. The SMILES string of the molecule is Cc1ccc2c(c1)-c1nc(SCC(=O)Nc3cccc(Cl)c3)ncc1S(=O)(=O)N2C. The minimum absolute atomic E-state index is 0.0517. The number of thioether (sulfide) groups is 1. The number of amides is 1. The summed E-state index contributed by atoms with van der Waals surface area (Å²) in [7, 11) is -2.22. The van der Waals surface area contributed by atoms with Gasteiger partial charge in [0, 0.05) is 23.3 Å². The van der Waals surface area contributed by atoms with E-state index < -0.39 is 10.0 Å². The van der Waals surface area contributed by atoms with Crippen molar-refractivity contribution < 1.29 is 13.2 Å². The van der Waals surface area contributed by atoms with Crippen LogP contribution in [0, 0.1) is 6.92 Å². The topological polar surface area (TPSA) is 92.3 Å². The summed E-state index contributed by atoms with van der Waals surface area (Å²) in [4.78, 5) is 20.9. The van der Waals surface area contributed by atoms with E-state index in [2.05, 4.69) is 15.3 Å². The van der Waals surface area contributed by atoms with E-state index in [4.69, 9.17) is 11.6 Å². The van der Waals surface area contributed by atoms with Gasteiger partial charge in [0.1, 0.15) is 4.90 Å². The van der Waals surface area contributed by atoms with Crippen LogP contribution in [0.1, 0.15) is 5.56 Å². The number of carbonyl (C=O) groups excluding carboxylic acids is 1. The van der Waals surface area contributed by atoms with Gasteiger partial charge in [-0.05, 0) is 37.3 Å². The lowest BCUT2D eigenvalue weighted by Crippen LogP contribution is -2.31. The zero-order chi connectivity index (χ0) is 21.5. The average molecular weight is 461 g/mol. The van der Waals surface area contributed by atoms with Crippen molar-refractivity contribution in [2.45, 2.75) is 17.0 Å². The van der Waals surface area contributed by atoms with Gasteiger partial charge in [0.2, 0.25) is 5.91 Å². The van der Waals surface area contributed by atoms with Crippen molar-refractivity contribution >= 4 is 50.7 Å². The lowest BCUT2D eigenvalue weighted by Gasteiger charge is -2.28. The summed E-state index contributed by atoms with van der Waals surface area (Å²) >= 11 is 7.05. The number of aryl methyl sites for hydroxylation is 1. The van der Waals surface area contributed by atoms with Gasteiger partial charge in [-0.1, -0.05) is 41.1 Å². The number of fused-ring (bicyclic) bond motifs is 3. The van der Waals surface area contributed by atoms with Crippen molar-refractivity contribution in [2.75, 3.05) is 22.4 Å². The van der Waals surface area contributed by atoms with E-state index in [1.54, 1.807) is 30.3 Å². The van der Waals surface area contributed by atoms with Crippen LogP contribution in [0.2, 0.25) is 5.02 Å². The van der Waals surface area contributed by atoms with Crippen molar-refractivity contribution in [3.05, 3.63) is 59.2 Å².